The Labute approximate surface area is 115 Å². The first kappa shape index (κ1) is 14.5. The number of hydrogen-bond acceptors (Lipinski definition) is 3. The van der Waals surface area contributed by atoms with E-state index in [1.165, 1.54) is 0 Å². The molecular formula is C13H15BrN2O2. The van der Waals surface area contributed by atoms with Crippen molar-refractivity contribution in [3.63, 3.8) is 0 Å². The van der Waals surface area contributed by atoms with Gasteiger partial charge in [0.25, 0.3) is 0 Å². The summed E-state index contributed by atoms with van der Waals surface area (Å²) in [5.41, 5.74) is 1.32. The van der Waals surface area contributed by atoms with Crippen LogP contribution in [0.15, 0.2) is 22.7 Å². The van der Waals surface area contributed by atoms with Gasteiger partial charge in [-0.1, -0.05) is 22.9 Å². The summed E-state index contributed by atoms with van der Waals surface area (Å²) in [7, 11) is 0. The van der Waals surface area contributed by atoms with Crippen LogP contribution < -0.4 is 4.90 Å². The van der Waals surface area contributed by atoms with Crippen molar-refractivity contribution in [1.82, 2.24) is 0 Å². The lowest BCUT2D eigenvalue weighted by Gasteiger charge is -2.26. The number of hydrogen-bond donors (Lipinski definition) is 1. The average Bonchev–Trinajstić information content (AvgIpc) is 2.35. The minimum atomic E-state index is -0.830. The third-order valence-corrected chi connectivity index (χ3v) is 3.21. The summed E-state index contributed by atoms with van der Waals surface area (Å²) in [6, 6.07) is 7.56. The molecule has 0 aromatic heterocycles. The van der Waals surface area contributed by atoms with Crippen molar-refractivity contribution in [3.8, 4) is 6.07 Å². The van der Waals surface area contributed by atoms with Gasteiger partial charge in [0.1, 0.15) is 6.07 Å². The van der Waals surface area contributed by atoms with Crippen molar-refractivity contribution in [3.05, 3.63) is 28.2 Å². The third kappa shape index (κ3) is 3.47. The Kier molecular flexibility index (Phi) is 5.17. The molecule has 1 aromatic rings. The Bertz CT molecular complexity index is 482. The summed E-state index contributed by atoms with van der Waals surface area (Å²) < 4.78 is 0.838. The summed E-state index contributed by atoms with van der Waals surface area (Å²) >= 11 is 3.32. The molecule has 0 aliphatic carbocycles. The highest BCUT2D eigenvalue weighted by atomic mass is 79.9. The van der Waals surface area contributed by atoms with Crippen LogP contribution in [0.2, 0.25) is 0 Å². The smallest absolute Gasteiger partial charge is 0.308 e. The largest absolute Gasteiger partial charge is 0.481 e. The summed E-state index contributed by atoms with van der Waals surface area (Å²) in [5, 5.41) is 18.1. The Morgan fingerprint density at radius 1 is 1.61 bits per heavy atom. The molecule has 0 aliphatic heterocycles. The normalized spacial score (nSPS) is 11.7. The molecule has 5 heteroatoms. The zero-order chi connectivity index (χ0) is 13.7. The Morgan fingerprint density at radius 2 is 2.28 bits per heavy atom. The van der Waals surface area contributed by atoms with Gasteiger partial charge in [0.15, 0.2) is 0 Å². The molecule has 0 aliphatic rings. The zero-order valence-electron chi connectivity index (χ0n) is 10.4. The fourth-order valence-corrected chi connectivity index (χ4v) is 2.04. The molecule has 0 amide bonds. The number of benzene rings is 1. The summed E-state index contributed by atoms with van der Waals surface area (Å²) in [4.78, 5) is 12.8. The van der Waals surface area contributed by atoms with E-state index in [-0.39, 0.29) is 0 Å². The molecule has 0 radical (unpaired) electrons. The van der Waals surface area contributed by atoms with Crippen molar-refractivity contribution in [2.24, 2.45) is 5.92 Å². The summed E-state index contributed by atoms with van der Waals surface area (Å²) in [6.45, 7) is 4.66. The molecule has 0 saturated carbocycles. The lowest BCUT2D eigenvalue weighted by atomic mass is 10.1. The van der Waals surface area contributed by atoms with Gasteiger partial charge in [-0.25, -0.2) is 0 Å². The van der Waals surface area contributed by atoms with Crippen LogP contribution >= 0.6 is 15.9 Å². The predicted molar refractivity (Wildman–Crippen MR) is 73.5 cm³/mol. The zero-order valence-corrected chi connectivity index (χ0v) is 11.9. The van der Waals surface area contributed by atoms with Gasteiger partial charge in [-0.05, 0) is 25.1 Å². The van der Waals surface area contributed by atoms with E-state index in [1.54, 1.807) is 13.0 Å². The van der Waals surface area contributed by atoms with E-state index in [0.717, 1.165) is 10.2 Å². The Balaban J connectivity index is 3.02. The second kappa shape index (κ2) is 6.41. The molecule has 1 atom stereocenters. The first-order valence-corrected chi connectivity index (χ1v) is 6.46. The van der Waals surface area contributed by atoms with Crippen molar-refractivity contribution >= 4 is 27.6 Å². The number of nitrogens with zero attached hydrogens (tertiary/aromatic N) is 2. The first-order chi connectivity index (χ1) is 8.49. The SMILES string of the molecule is CCN(CC(C)C(=O)O)c1ccc(Br)cc1C#N. The quantitative estimate of drug-likeness (QED) is 0.908. The second-order valence-electron chi connectivity index (χ2n) is 4.05. The molecule has 0 saturated heterocycles. The highest BCUT2D eigenvalue weighted by Crippen LogP contribution is 2.24. The van der Waals surface area contributed by atoms with Gasteiger partial charge >= 0.3 is 5.97 Å². The van der Waals surface area contributed by atoms with E-state index < -0.39 is 11.9 Å². The number of carboxylic acids is 1. The molecule has 96 valence electrons. The molecule has 1 aromatic carbocycles. The molecular weight excluding hydrogens is 296 g/mol. The van der Waals surface area contributed by atoms with Crippen LogP contribution in [0.25, 0.3) is 0 Å². The number of anilines is 1. The van der Waals surface area contributed by atoms with Crippen LogP contribution in [-0.4, -0.2) is 24.2 Å². The standard InChI is InChI=1S/C13H15BrN2O2/c1-3-16(8-9(2)13(17)18)12-5-4-11(14)6-10(12)7-15/h4-6,9H,3,8H2,1-2H3,(H,17,18). The van der Waals surface area contributed by atoms with Crippen molar-refractivity contribution in [2.75, 3.05) is 18.0 Å². The first-order valence-electron chi connectivity index (χ1n) is 5.67. The summed E-state index contributed by atoms with van der Waals surface area (Å²) in [5.74, 6) is -1.30. The van der Waals surface area contributed by atoms with Gasteiger partial charge in [0.05, 0.1) is 17.2 Å². The van der Waals surface area contributed by atoms with Crippen molar-refractivity contribution < 1.29 is 9.90 Å². The van der Waals surface area contributed by atoms with Crippen molar-refractivity contribution in [2.45, 2.75) is 13.8 Å². The van der Waals surface area contributed by atoms with Crippen LogP contribution in [0.3, 0.4) is 0 Å². The molecule has 0 spiro atoms. The highest BCUT2D eigenvalue weighted by Gasteiger charge is 2.17. The number of nitriles is 1. The third-order valence-electron chi connectivity index (χ3n) is 2.72. The Morgan fingerprint density at radius 3 is 2.78 bits per heavy atom. The van der Waals surface area contributed by atoms with E-state index >= 15 is 0 Å². The maximum atomic E-state index is 10.9. The van der Waals surface area contributed by atoms with Crippen molar-refractivity contribution in [1.29, 1.82) is 5.26 Å². The topological polar surface area (TPSA) is 64.3 Å². The van der Waals surface area contributed by atoms with E-state index in [2.05, 4.69) is 22.0 Å². The minimum absolute atomic E-state index is 0.391. The average molecular weight is 311 g/mol. The predicted octanol–water partition coefficient (Wildman–Crippen LogP) is 2.87. The fourth-order valence-electron chi connectivity index (χ4n) is 1.68. The second-order valence-corrected chi connectivity index (χ2v) is 4.97. The van der Waals surface area contributed by atoms with Gasteiger partial charge in [-0.3, -0.25) is 4.79 Å². The van der Waals surface area contributed by atoms with Crippen LogP contribution in [0.1, 0.15) is 19.4 Å². The number of carbonyl (C=O) groups is 1. The number of carboxylic acid groups (broad SMARTS) is 1. The number of halogens is 1. The van der Waals surface area contributed by atoms with E-state index in [1.807, 2.05) is 24.0 Å². The maximum absolute atomic E-state index is 10.9. The van der Waals surface area contributed by atoms with Crippen LogP contribution in [0, 0.1) is 17.2 Å². The number of rotatable bonds is 5. The molecule has 0 bridgehead atoms. The van der Waals surface area contributed by atoms with E-state index in [0.29, 0.717) is 18.7 Å². The molecule has 1 rings (SSSR count). The van der Waals surface area contributed by atoms with E-state index in [4.69, 9.17) is 10.4 Å². The van der Waals surface area contributed by atoms with Gasteiger partial charge in [0.2, 0.25) is 0 Å². The monoisotopic (exact) mass is 310 g/mol. The summed E-state index contributed by atoms with van der Waals surface area (Å²) in [6.07, 6.45) is 0. The molecule has 1 unspecified atom stereocenters. The lowest BCUT2D eigenvalue weighted by molar-refractivity contribution is -0.140. The van der Waals surface area contributed by atoms with Gasteiger partial charge in [0, 0.05) is 17.6 Å². The molecule has 4 nitrogen and oxygen atoms in total. The van der Waals surface area contributed by atoms with Gasteiger partial charge in [-0.15, -0.1) is 0 Å². The van der Waals surface area contributed by atoms with Gasteiger partial charge in [-0.2, -0.15) is 5.26 Å². The molecule has 18 heavy (non-hydrogen) atoms. The van der Waals surface area contributed by atoms with Gasteiger partial charge < -0.3 is 10.0 Å². The lowest BCUT2D eigenvalue weighted by Crippen LogP contribution is -2.32. The minimum Gasteiger partial charge on any atom is -0.481 e. The highest BCUT2D eigenvalue weighted by molar-refractivity contribution is 9.10. The Hall–Kier alpha value is -1.54. The molecule has 0 fully saturated rings. The van der Waals surface area contributed by atoms with Crippen LogP contribution in [0.4, 0.5) is 5.69 Å². The van der Waals surface area contributed by atoms with E-state index in [9.17, 15) is 4.79 Å². The van der Waals surface area contributed by atoms with Crippen LogP contribution in [0.5, 0.6) is 0 Å². The molecule has 1 N–H and O–H groups in total. The number of aliphatic carboxylic acids is 1. The molecule has 0 heterocycles. The van der Waals surface area contributed by atoms with Crippen LogP contribution in [-0.2, 0) is 4.79 Å². The maximum Gasteiger partial charge on any atom is 0.308 e. The fraction of sp³-hybridized carbons (Fsp3) is 0.385.